The molecule has 0 unspecified atom stereocenters. The lowest BCUT2D eigenvalue weighted by atomic mass is 10.1. The average Bonchev–Trinajstić information content (AvgIpc) is 2.74. The van der Waals surface area contributed by atoms with Gasteiger partial charge in [-0.15, -0.1) is 0 Å². The van der Waals surface area contributed by atoms with Crippen LogP contribution in [0.2, 0.25) is 5.02 Å². The van der Waals surface area contributed by atoms with Crippen LogP contribution in [0.3, 0.4) is 0 Å². The van der Waals surface area contributed by atoms with E-state index in [1.165, 1.54) is 6.21 Å². The molecule has 94 valence electrons. The molecule has 1 aliphatic rings. The second kappa shape index (κ2) is 4.40. The second-order valence-electron chi connectivity index (χ2n) is 4.10. The zero-order chi connectivity index (χ0) is 13.4. The molecule has 1 amide bonds. The molecule has 0 spiro atoms. The van der Waals surface area contributed by atoms with E-state index in [0.29, 0.717) is 27.8 Å². The zero-order valence-corrected chi connectivity index (χ0v) is 10.5. The van der Waals surface area contributed by atoms with Crippen molar-refractivity contribution in [1.29, 1.82) is 0 Å². The third-order valence-corrected chi connectivity index (χ3v) is 3.05. The summed E-state index contributed by atoms with van der Waals surface area (Å²) in [7, 11) is 0. The summed E-state index contributed by atoms with van der Waals surface area (Å²) in [5, 5.41) is 0.435. The fourth-order valence-corrected chi connectivity index (χ4v) is 2.06. The largest absolute Gasteiger partial charge is 0.456 e. The minimum absolute atomic E-state index is 0.230. The summed E-state index contributed by atoms with van der Waals surface area (Å²) >= 11 is 6.03. The number of fused-ring (bicyclic) bond motifs is 1. The van der Waals surface area contributed by atoms with Gasteiger partial charge in [-0.3, -0.25) is 4.79 Å². The van der Waals surface area contributed by atoms with Crippen LogP contribution in [-0.2, 0) is 0 Å². The number of hydrogen-bond donors (Lipinski definition) is 1. The molecule has 2 N–H and O–H groups in total. The van der Waals surface area contributed by atoms with Gasteiger partial charge in [0, 0.05) is 17.5 Å². The van der Waals surface area contributed by atoms with Crippen molar-refractivity contribution in [3.63, 3.8) is 0 Å². The molecule has 0 atom stereocenters. The molecule has 2 aromatic rings. The smallest absolute Gasteiger partial charge is 0.277 e. The first kappa shape index (κ1) is 11.7. The predicted molar refractivity (Wildman–Crippen MR) is 74.3 cm³/mol. The van der Waals surface area contributed by atoms with Crippen LogP contribution in [0, 0.1) is 0 Å². The van der Waals surface area contributed by atoms with E-state index in [1.807, 2.05) is 0 Å². The quantitative estimate of drug-likeness (QED) is 0.853. The standard InChI is InChI=1S/C14H9ClN2O2/c15-12-6-9(16)1-4-13(12)19-10-2-3-11-8(5-10)7-17-14(11)18/h1-7H,16H2. The van der Waals surface area contributed by atoms with Crippen molar-refractivity contribution in [2.24, 2.45) is 4.99 Å². The minimum atomic E-state index is -0.230. The van der Waals surface area contributed by atoms with Crippen molar-refractivity contribution < 1.29 is 9.53 Å². The lowest BCUT2D eigenvalue weighted by Gasteiger charge is -2.08. The molecule has 0 saturated carbocycles. The number of halogens is 1. The fourth-order valence-electron chi connectivity index (χ4n) is 1.83. The molecule has 1 aliphatic heterocycles. The van der Waals surface area contributed by atoms with Gasteiger partial charge in [-0.2, -0.15) is 0 Å². The summed E-state index contributed by atoms with van der Waals surface area (Å²) < 4.78 is 5.66. The van der Waals surface area contributed by atoms with Gasteiger partial charge in [-0.1, -0.05) is 11.6 Å². The van der Waals surface area contributed by atoms with Gasteiger partial charge < -0.3 is 10.5 Å². The van der Waals surface area contributed by atoms with E-state index < -0.39 is 0 Å². The molecule has 4 nitrogen and oxygen atoms in total. The van der Waals surface area contributed by atoms with Gasteiger partial charge in [0.1, 0.15) is 11.5 Å². The zero-order valence-electron chi connectivity index (χ0n) is 9.76. The molecule has 0 saturated heterocycles. The third kappa shape index (κ3) is 2.18. The van der Waals surface area contributed by atoms with E-state index in [0.717, 1.165) is 5.56 Å². The molecular formula is C14H9ClN2O2. The lowest BCUT2D eigenvalue weighted by Crippen LogP contribution is -1.93. The van der Waals surface area contributed by atoms with E-state index in [1.54, 1.807) is 36.4 Å². The van der Waals surface area contributed by atoms with Crippen LogP contribution in [0.15, 0.2) is 41.4 Å². The topological polar surface area (TPSA) is 64.7 Å². The molecule has 0 aliphatic carbocycles. The first-order chi connectivity index (χ1) is 9.13. The van der Waals surface area contributed by atoms with Crippen molar-refractivity contribution in [2.75, 3.05) is 5.73 Å². The Morgan fingerprint density at radius 2 is 2.00 bits per heavy atom. The van der Waals surface area contributed by atoms with Crippen molar-refractivity contribution in [3.05, 3.63) is 52.5 Å². The van der Waals surface area contributed by atoms with Gasteiger partial charge >= 0.3 is 0 Å². The molecule has 0 fully saturated rings. The number of nitrogens with zero attached hydrogens (tertiary/aromatic N) is 1. The Hall–Kier alpha value is -2.33. The summed E-state index contributed by atoms with van der Waals surface area (Å²) in [6.07, 6.45) is 1.52. The molecule has 19 heavy (non-hydrogen) atoms. The highest BCUT2D eigenvalue weighted by molar-refractivity contribution is 6.32. The van der Waals surface area contributed by atoms with E-state index in [4.69, 9.17) is 22.1 Å². The van der Waals surface area contributed by atoms with E-state index in [9.17, 15) is 4.79 Å². The SMILES string of the molecule is Nc1ccc(Oc2ccc3c(c2)C=NC3=O)c(Cl)c1. The summed E-state index contributed by atoms with van der Waals surface area (Å²) in [4.78, 5) is 15.1. The van der Waals surface area contributed by atoms with Crippen LogP contribution in [0.1, 0.15) is 15.9 Å². The highest BCUT2D eigenvalue weighted by Gasteiger charge is 2.16. The summed E-state index contributed by atoms with van der Waals surface area (Å²) in [6, 6.07) is 10.2. The van der Waals surface area contributed by atoms with Crippen LogP contribution in [0.25, 0.3) is 0 Å². The van der Waals surface area contributed by atoms with Crippen molar-refractivity contribution in [3.8, 4) is 11.5 Å². The maximum atomic E-state index is 11.4. The Bertz CT molecular complexity index is 711. The number of rotatable bonds is 2. The van der Waals surface area contributed by atoms with E-state index in [2.05, 4.69) is 4.99 Å². The number of hydrogen-bond acceptors (Lipinski definition) is 3. The number of amides is 1. The van der Waals surface area contributed by atoms with E-state index in [-0.39, 0.29) is 5.91 Å². The van der Waals surface area contributed by atoms with Gasteiger partial charge in [0.05, 0.1) is 10.6 Å². The number of nitrogen functional groups attached to an aromatic ring is 1. The monoisotopic (exact) mass is 272 g/mol. The van der Waals surface area contributed by atoms with E-state index >= 15 is 0 Å². The number of ether oxygens (including phenoxy) is 1. The average molecular weight is 273 g/mol. The molecular weight excluding hydrogens is 264 g/mol. The van der Waals surface area contributed by atoms with Crippen LogP contribution < -0.4 is 10.5 Å². The number of nitrogens with two attached hydrogens (primary N) is 1. The number of carbonyl (C=O) groups excluding carboxylic acids is 1. The molecule has 3 rings (SSSR count). The Morgan fingerprint density at radius 3 is 2.79 bits per heavy atom. The Morgan fingerprint density at radius 1 is 1.16 bits per heavy atom. The molecule has 0 aromatic heterocycles. The van der Waals surface area contributed by atoms with Crippen LogP contribution >= 0.6 is 11.6 Å². The summed E-state index contributed by atoms with van der Waals surface area (Å²) in [5.41, 5.74) is 7.51. The van der Waals surface area contributed by atoms with Gasteiger partial charge in [0.25, 0.3) is 5.91 Å². The fraction of sp³-hybridized carbons (Fsp3) is 0. The second-order valence-corrected chi connectivity index (χ2v) is 4.51. The first-order valence-electron chi connectivity index (χ1n) is 5.59. The number of anilines is 1. The molecule has 1 heterocycles. The van der Waals surface area contributed by atoms with Gasteiger partial charge in [0.2, 0.25) is 0 Å². The highest BCUT2D eigenvalue weighted by Crippen LogP contribution is 2.32. The summed E-state index contributed by atoms with van der Waals surface area (Å²) in [5.74, 6) is 0.871. The van der Waals surface area contributed by atoms with Gasteiger partial charge in [-0.05, 0) is 36.4 Å². The Labute approximate surface area is 114 Å². The Kier molecular flexibility index (Phi) is 2.72. The van der Waals surface area contributed by atoms with Crippen LogP contribution in [0.5, 0.6) is 11.5 Å². The minimum Gasteiger partial charge on any atom is -0.456 e. The van der Waals surface area contributed by atoms with Crippen molar-refractivity contribution in [1.82, 2.24) is 0 Å². The normalized spacial score (nSPS) is 12.6. The lowest BCUT2D eigenvalue weighted by molar-refractivity contribution is 0.101. The van der Waals surface area contributed by atoms with Crippen molar-refractivity contribution in [2.45, 2.75) is 0 Å². The highest BCUT2D eigenvalue weighted by atomic mass is 35.5. The van der Waals surface area contributed by atoms with Crippen LogP contribution in [-0.4, -0.2) is 12.1 Å². The molecule has 5 heteroatoms. The Balaban J connectivity index is 1.92. The molecule has 2 aromatic carbocycles. The molecule has 0 radical (unpaired) electrons. The summed E-state index contributed by atoms with van der Waals surface area (Å²) in [6.45, 7) is 0. The number of aliphatic imine (C=N–C) groups is 1. The molecule has 0 bridgehead atoms. The van der Waals surface area contributed by atoms with Gasteiger partial charge in [-0.25, -0.2) is 4.99 Å². The number of carbonyl (C=O) groups is 1. The predicted octanol–water partition coefficient (Wildman–Crippen LogP) is 3.29. The first-order valence-corrected chi connectivity index (χ1v) is 5.96. The maximum absolute atomic E-state index is 11.4. The number of benzene rings is 2. The third-order valence-electron chi connectivity index (χ3n) is 2.76. The van der Waals surface area contributed by atoms with Crippen LogP contribution in [0.4, 0.5) is 5.69 Å². The van der Waals surface area contributed by atoms with Crippen molar-refractivity contribution >= 4 is 29.4 Å². The maximum Gasteiger partial charge on any atom is 0.277 e. The van der Waals surface area contributed by atoms with Gasteiger partial charge in [0.15, 0.2) is 0 Å².